The van der Waals surface area contributed by atoms with Gasteiger partial charge in [-0.2, -0.15) is 0 Å². The molecule has 5 nitrogen and oxygen atoms in total. The van der Waals surface area contributed by atoms with Gasteiger partial charge in [-0.15, -0.1) is 0 Å². The second-order valence-electron chi connectivity index (χ2n) is 8.70. The Bertz CT molecular complexity index is 633. The zero-order valence-electron chi connectivity index (χ0n) is 16.6. The summed E-state index contributed by atoms with van der Waals surface area (Å²) in [5, 5.41) is 2.79. The minimum Gasteiger partial charge on any atom is -0.444 e. The van der Waals surface area contributed by atoms with E-state index in [4.69, 9.17) is 14.0 Å². The lowest BCUT2D eigenvalue weighted by Gasteiger charge is -2.32. The standard InChI is InChI=1S/C19H30BNO4/c1-13-9-14(12-21-16(22)23-17(2,3)4)11-15(10-13)20-24-18(5,6)19(7,8)25-20/h9-11H,12H2,1-8H3,(H,21,22). The van der Waals surface area contributed by atoms with Gasteiger partial charge in [0, 0.05) is 6.54 Å². The summed E-state index contributed by atoms with van der Waals surface area (Å²) >= 11 is 0. The minimum atomic E-state index is -0.509. The molecule has 0 unspecified atom stereocenters. The molecule has 1 N–H and O–H groups in total. The van der Waals surface area contributed by atoms with Crippen LogP contribution in [0.25, 0.3) is 0 Å². The average Bonchev–Trinajstić information content (AvgIpc) is 2.63. The van der Waals surface area contributed by atoms with Gasteiger partial charge in [0.2, 0.25) is 0 Å². The van der Waals surface area contributed by atoms with Crippen molar-refractivity contribution in [1.82, 2.24) is 5.32 Å². The molecule has 1 saturated heterocycles. The maximum atomic E-state index is 11.8. The highest BCUT2D eigenvalue weighted by Crippen LogP contribution is 2.36. The van der Waals surface area contributed by atoms with E-state index in [1.807, 2.05) is 67.5 Å². The fourth-order valence-electron chi connectivity index (χ4n) is 2.60. The van der Waals surface area contributed by atoms with Crippen LogP contribution in [0.2, 0.25) is 0 Å². The van der Waals surface area contributed by atoms with Crippen LogP contribution in [0.1, 0.15) is 59.6 Å². The normalized spacial score (nSPS) is 19.0. The third kappa shape index (κ3) is 4.99. The molecule has 0 radical (unpaired) electrons. The fourth-order valence-corrected chi connectivity index (χ4v) is 2.60. The van der Waals surface area contributed by atoms with Gasteiger partial charge in [-0.05, 0) is 66.4 Å². The molecule has 0 atom stereocenters. The van der Waals surface area contributed by atoms with Crippen molar-refractivity contribution in [3.05, 3.63) is 29.3 Å². The van der Waals surface area contributed by atoms with Gasteiger partial charge in [-0.3, -0.25) is 0 Å². The van der Waals surface area contributed by atoms with E-state index in [0.29, 0.717) is 6.54 Å². The summed E-state index contributed by atoms with van der Waals surface area (Å²) in [7, 11) is -0.412. The Labute approximate surface area is 151 Å². The predicted molar refractivity (Wildman–Crippen MR) is 100.0 cm³/mol. The number of nitrogens with one attached hydrogen (secondary N) is 1. The number of ether oxygens (including phenoxy) is 1. The van der Waals surface area contributed by atoms with Crippen molar-refractivity contribution < 1.29 is 18.8 Å². The molecule has 1 aromatic rings. The summed E-state index contributed by atoms with van der Waals surface area (Å²) in [5.74, 6) is 0. The van der Waals surface area contributed by atoms with Crippen LogP contribution in [-0.4, -0.2) is 30.0 Å². The van der Waals surface area contributed by atoms with E-state index in [2.05, 4.69) is 11.4 Å². The molecule has 0 aromatic heterocycles. The van der Waals surface area contributed by atoms with Crippen molar-refractivity contribution in [2.24, 2.45) is 0 Å². The van der Waals surface area contributed by atoms with E-state index in [0.717, 1.165) is 16.6 Å². The lowest BCUT2D eigenvalue weighted by molar-refractivity contribution is 0.00578. The average molecular weight is 347 g/mol. The Hall–Kier alpha value is -1.53. The molecule has 1 heterocycles. The zero-order chi connectivity index (χ0) is 19.0. The number of rotatable bonds is 3. The molecule has 2 rings (SSSR count). The molecule has 1 aromatic carbocycles. The van der Waals surface area contributed by atoms with Crippen LogP contribution >= 0.6 is 0 Å². The largest absolute Gasteiger partial charge is 0.494 e. The van der Waals surface area contributed by atoms with Crippen molar-refractivity contribution in [1.29, 1.82) is 0 Å². The first-order chi connectivity index (χ1) is 11.3. The molecule has 25 heavy (non-hydrogen) atoms. The molecule has 1 fully saturated rings. The van der Waals surface area contributed by atoms with E-state index < -0.39 is 18.8 Å². The number of carbonyl (C=O) groups excluding carboxylic acids is 1. The second kappa shape index (κ2) is 6.65. The number of hydrogen-bond acceptors (Lipinski definition) is 4. The lowest BCUT2D eigenvalue weighted by atomic mass is 9.77. The summed E-state index contributed by atoms with van der Waals surface area (Å²) in [5.41, 5.74) is 1.76. The quantitative estimate of drug-likeness (QED) is 0.853. The summed E-state index contributed by atoms with van der Waals surface area (Å²) < 4.78 is 17.5. The van der Waals surface area contributed by atoms with Crippen LogP contribution in [0.4, 0.5) is 4.79 Å². The van der Waals surface area contributed by atoms with Crippen LogP contribution in [-0.2, 0) is 20.6 Å². The number of hydrogen-bond donors (Lipinski definition) is 1. The highest BCUT2D eigenvalue weighted by Gasteiger charge is 2.51. The number of benzene rings is 1. The minimum absolute atomic E-state index is 0.379. The van der Waals surface area contributed by atoms with E-state index in [-0.39, 0.29) is 11.2 Å². The Morgan fingerprint density at radius 2 is 1.68 bits per heavy atom. The first kappa shape index (κ1) is 19.8. The van der Waals surface area contributed by atoms with Crippen LogP contribution in [0, 0.1) is 6.92 Å². The lowest BCUT2D eigenvalue weighted by Crippen LogP contribution is -2.41. The number of aryl methyl sites for hydroxylation is 1. The molecule has 0 spiro atoms. The van der Waals surface area contributed by atoms with Crippen LogP contribution in [0.5, 0.6) is 0 Å². The predicted octanol–water partition coefficient (Wildman–Crippen LogP) is 3.32. The maximum Gasteiger partial charge on any atom is 0.494 e. The molecular formula is C19H30BNO4. The van der Waals surface area contributed by atoms with Crippen molar-refractivity contribution in [2.45, 2.75) is 78.7 Å². The first-order valence-corrected chi connectivity index (χ1v) is 8.72. The highest BCUT2D eigenvalue weighted by molar-refractivity contribution is 6.62. The van der Waals surface area contributed by atoms with Gasteiger partial charge >= 0.3 is 13.2 Å². The molecule has 0 bridgehead atoms. The van der Waals surface area contributed by atoms with E-state index in [1.165, 1.54) is 0 Å². The molecule has 1 aliphatic heterocycles. The second-order valence-corrected chi connectivity index (χ2v) is 8.70. The molecule has 1 amide bonds. The molecule has 6 heteroatoms. The number of carbonyl (C=O) groups is 1. The summed E-state index contributed by atoms with van der Waals surface area (Å²) in [6.07, 6.45) is -0.425. The van der Waals surface area contributed by atoms with Crippen LogP contribution in [0.15, 0.2) is 18.2 Å². The van der Waals surface area contributed by atoms with Crippen molar-refractivity contribution in [3.63, 3.8) is 0 Å². The van der Waals surface area contributed by atoms with Crippen molar-refractivity contribution in [3.8, 4) is 0 Å². The highest BCUT2D eigenvalue weighted by atomic mass is 16.7. The summed E-state index contributed by atoms with van der Waals surface area (Å²) in [6, 6.07) is 6.09. The van der Waals surface area contributed by atoms with Gasteiger partial charge in [0.15, 0.2) is 0 Å². The Morgan fingerprint density at radius 1 is 1.12 bits per heavy atom. The monoisotopic (exact) mass is 347 g/mol. The third-order valence-electron chi connectivity index (χ3n) is 4.52. The summed E-state index contributed by atoms with van der Waals surface area (Å²) in [6.45, 7) is 16.1. The smallest absolute Gasteiger partial charge is 0.444 e. The zero-order valence-corrected chi connectivity index (χ0v) is 16.6. The molecule has 0 saturated carbocycles. The van der Waals surface area contributed by atoms with Gasteiger partial charge in [-0.1, -0.05) is 23.8 Å². The van der Waals surface area contributed by atoms with Gasteiger partial charge in [-0.25, -0.2) is 4.79 Å². The van der Waals surface area contributed by atoms with Crippen molar-refractivity contribution in [2.75, 3.05) is 0 Å². The number of alkyl carbamates (subject to hydrolysis) is 1. The molecule has 138 valence electrons. The van der Waals surface area contributed by atoms with Gasteiger partial charge < -0.3 is 19.4 Å². The molecule has 1 aliphatic rings. The maximum absolute atomic E-state index is 11.8. The third-order valence-corrected chi connectivity index (χ3v) is 4.52. The Balaban J connectivity index is 2.10. The Morgan fingerprint density at radius 3 is 2.20 bits per heavy atom. The molecular weight excluding hydrogens is 317 g/mol. The Kier molecular flexibility index (Phi) is 5.27. The van der Waals surface area contributed by atoms with Gasteiger partial charge in [0.1, 0.15) is 5.60 Å². The topological polar surface area (TPSA) is 56.8 Å². The fraction of sp³-hybridized carbons (Fsp3) is 0.632. The number of amides is 1. The van der Waals surface area contributed by atoms with E-state index in [9.17, 15) is 4.79 Å². The molecule has 0 aliphatic carbocycles. The van der Waals surface area contributed by atoms with Crippen molar-refractivity contribution >= 4 is 18.7 Å². The van der Waals surface area contributed by atoms with Gasteiger partial charge in [0.05, 0.1) is 11.2 Å². The van der Waals surface area contributed by atoms with Gasteiger partial charge in [0.25, 0.3) is 0 Å². The summed E-state index contributed by atoms with van der Waals surface area (Å²) in [4.78, 5) is 11.8. The van der Waals surface area contributed by atoms with E-state index in [1.54, 1.807) is 0 Å². The SMILES string of the molecule is Cc1cc(CNC(=O)OC(C)(C)C)cc(B2OC(C)(C)C(C)(C)O2)c1. The van der Waals surface area contributed by atoms with Crippen LogP contribution < -0.4 is 10.8 Å². The van der Waals surface area contributed by atoms with Crippen LogP contribution in [0.3, 0.4) is 0 Å². The first-order valence-electron chi connectivity index (χ1n) is 8.72. The van der Waals surface area contributed by atoms with E-state index >= 15 is 0 Å².